The number of carbonyl (C=O) groups excluding carboxylic acids is 1. The third-order valence-electron chi connectivity index (χ3n) is 4.52. The molecule has 4 rings (SSSR count). The van der Waals surface area contributed by atoms with E-state index < -0.39 is 0 Å². The third kappa shape index (κ3) is 4.58. The molecule has 150 valence electrons. The third-order valence-corrected chi connectivity index (χ3v) is 5.45. The molecule has 0 saturated heterocycles. The highest BCUT2D eigenvalue weighted by Gasteiger charge is 2.17. The van der Waals surface area contributed by atoms with E-state index in [2.05, 4.69) is 27.4 Å². The summed E-state index contributed by atoms with van der Waals surface area (Å²) >= 11 is 1.34. The molecule has 6 nitrogen and oxygen atoms in total. The van der Waals surface area contributed by atoms with Gasteiger partial charge in [-0.1, -0.05) is 55.1 Å². The fourth-order valence-corrected chi connectivity index (χ4v) is 3.74. The Morgan fingerprint density at radius 1 is 0.967 bits per heavy atom. The van der Waals surface area contributed by atoms with Gasteiger partial charge in [-0.05, 0) is 48.4 Å². The monoisotopic (exact) mass is 415 g/mol. The summed E-state index contributed by atoms with van der Waals surface area (Å²) in [6.45, 7) is 2.10. The van der Waals surface area contributed by atoms with Crippen LogP contribution in [-0.2, 0) is 11.2 Å². The summed E-state index contributed by atoms with van der Waals surface area (Å²) < 4.78 is 1.93. The number of hydrogen-bond acceptors (Lipinski definition) is 5. The Bertz CT molecular complexity index is 1110. The summed E-state index contributed by atoms with van der Waals surface area (Å²) in [5, 5.41) is 12.2. The van der Waals surface area contributed by atoms with Crippen molar-refractivity contribution in [1.29, 1.82) is 0 Å². The number of amides is 1. The van der Waals surface area contributed by atoms with Gasteiger partial charge in [0.15, 0.2) is 11.0 Å². The van der Waals surface area contributed by atoms with Gasteiger partial charge in [-0.2, -0.15) is 0 Å². The SMILES string of the molecule is CCc1ccc(NC(=O)CSc2nnc(-c3ccccn3)n2-c2ccccc2)cc1. The Labute approximate surface area is 179 Å². The van der Waals surface area contributed by atoms with E-state index in [4.69, 9.17) is 0 Å². The fraction of sp³-hybridized carbons (Fsp3) is 0.130. The molecule has 0 radical (unpaired) electrons. The molecule has 0 aliphatic carbocycles. The van der Waals surface area contributed by atoms with Gasteiger partial charge in [-0.25, -0.2) is 0 Å². The molecule has 2 aromatic carbocycles. The van der Waals surface area contributed by atoms with Crippen molar-refractivity contribution in [1.82, 2.24) is 19.7 Å². The minimum absolute atomic E-state index is 0.0914. The van der Waals surface area contributed by atoms with Crippen molar-refractivity contribution in [2.24, 2.45) is 0 Å². The predicted octanol–water partition coefficient (Wildman–Crippen LogP) is 4.62. The van der Waals surface area contributed by atoms with Crippen LogP contribution in [0.15, 0.2) is 84.1 Å². The molecule has 30 heavy (non-hydrogen) atoms. The van der Waals surface area contributed by atoms with Crippen molar-refractivity contribution >= 4 is 23.4 Å². The highest BCUT2D eigenvalue weighted by Crippen LogP contribution is 2.27. The number of aromatic nitrogens is 4. The minimum atomic E-state index is -0.0914. The Morgan fingerprint density at radius 2 is 1.73 bits per heavy atom. The van der Waals surface area contributed by atoms with Gasteiger partial charge in [-0.15, -0.1) is 10.2 Å². The standard InChI is InChI=1S/C23H21N5OS/c1-2-17-11-13-18(14-12-17)25-21(29)16-30-23-27-26-22(20-10-6-7-15-24-20)28(23)19-8-4-3-5-9-19/h3-15H,2,16H2,1H3,(H,25,29). The maximum absolute atomic E-state index is 12.5. The molecule has 0 spiro atoms. The number of hydrogen-bond donors (Lipinski definition) is 1. The van der Waals surface area contributed by atoms with Gasteiger partial charge < -0.3 is 5.32 Å². The molecule has 1 N–H and O–H groups in total. The number of rotatable bonds is 7. The normalized spacial score (nSPS) is 10.7. The number of aryl methyl sites for hydroxylation is 1. The van der Waals surface area contributed by atoms with Gasteiger partial charge in [0.1, 0.15) is 5.69 Å². The lowest BCUT2D eigenvalue weighted by Crippen LogP contribution is -2.14. The van der Waals surface area contributed by atoms with E-state index in [1.807, 2.05) is 77.4 Å². The average molecular weight is 416 g/mol. The Balaban J connectivity index is 1.54. The zero-order valence-electron chi connectivity index (χ0n) is 16.5. The maximum Gasteiger partial charge on any atom is 0.234 e. The first-order valence-electron chi connectivity index (χ1n) is 9.68. The zero-order valence-corrected chi connectivity index (χ0v) is 17.3. The Hall–Kier alpha value is -3.45. The minimum Gasteiger partial charge on any atom is -0.325 e. The summed E-state index contributed by atoms with van der Waals surface area (Å²) in [7, 11) is 0. The average Bonchev–Trinajstić information content (AvgIpc) is 3.23. The summed E-state index contributed by atoms with van der Waals surface area (Å²) in [5.74, 6) is 0.772. The van der Waals surface area contributed by atoms with Crippen molar-refractivity contribution in [2.75, 3.05) is 11.1 Å². The van der Waals surface area contributed by atoms with Crippen LogP contribution < -0.4 is 5.32 Å². The second-order valence-electron chi connectivity index (χ2n) is 6.58. The van der Waals surface area contributed by atoms with Gasteiger partial charge in [0.2, 0.25) is 5.91 Å². The molecule has 2 heterocycles. The zero-order chi connectivity index (χ0) is 20.8. The molecular weight excluding hydrogens is 394 g/mol. The lowest BCUT2D eigenvalue weighted by molar-refractivity contribution is -0.113. The Kier molecular flexibility index (Phi) is 6.20. The molecule has 0 saturated carbocycles. The van der Waals surface area contributed by atoms with E-state index in [0.717, 1.165) is 23.5 Å². The van der Waals surface area contributed by atoms with Crippen LogP contribution >= 0.6 is 11.8 Å². The molecule has 2 aromatic heterocycles. The summed E-state index contributed by atoms with van der Waals surface area (Å²) in [4.78, 5) is 16.9. The van der Waals surface area contributed by atoms with Crippen LogP contribution in [0.4, 0.5) is 5.69 Å². The van der Waals surface area contributed by atoms with Crippen LogP contribution in [0.1, 0.15) is 12.5 Å². The van der Waals surface area contributed by atoms with Crippen LogP contribution in [0.3, 0.4) is 0 Å². The number of benzene rings is 2. The van der Waals surface area contributed by atoms with Crippen molar-refractivity contribution in [3.63, 3.8) is 0 Å². The van der Waals surface area contributed by atoms with Crippen LogP contribution in [0, 0.1) is 0 Å². The second kappa shape index (κ2) is 9.37. The van der Waals surface area contributed by atoms with Crippen molar-refractivity contribution in [3.8, 4) is 17.2 Å². The van der Waals surface area contributed by atoms with E-state index in [9.17, 15) is 4.79 Å². The topological polar surface area (TPSA) is 72.7 Å². The number of thioether (sulfide) groups is 1. The van der Waals surface area contributed by atoms with Crippen LogP contribution in [0.25, 0.3) is 17.2 Å². The number of para-hydroxylation sites is 1. The summed E-state index contributed by atoms with van der Waals surface area (Å²) in [6, 6.07) is 23.4. The van der Waals surface area contributed by atoms with E-state index in [1.165, 1.54) is 17.3 Å². The predicted molar refractivity (Wildman–Crippen MR) is 120 cm³/mol. The van der Waals surface area contributed by atoms with Gasteiger partial charge >= 0.3 is 0 Å². The first kappa shape index (κ1) is 19.8. The van der Waals surface area contributed by atoms with Gasteiger partial charge in [-0.3, -0.25) is 14.3 Å². The molecule has 0 aliphatic rings. The molecule has 0 atom stereocenters. The van der Waals surface area contributed by atoms with Crippen molar-refractivity contribution in [3.05, 3.63) is 84.6 Å². The lowest BCUT2D eigenvalue weighted by Gasteiger charge is -2.10. The van der Waals surface area contributed by atoms with E-state index >= 15 is 0 Å². The summed E-state index contributed by atoms with van der Waals surface area (Å²) in [5.41, 5.74) is 3.67. The first-order valence-corrected chi connectivity index (χ1v) is 10.7. The molecule has 0 bridgehead atoms. The number of nitrogens with zero attached hydrogens (tertiary/aromatic N) is 4. The maximum atomic E-state index is 12.5. The van der Waals surface area contributed by atoms with Crippen LogP contribution in [0.2, 0.25) is 0 Å². The van der Waals surface area contributed by atoms with Crippen LogP contribution in [0.5, 0.6) is 0 Å². The largest absolute Gasteiger partial charge is 0.325 e. The van der Waals surface area contributed by atoms with E-state index in [1.54, 1.807) is 6.20 Å². The molecule has 0 unspecified atom stereocenters. The molecule has 1 amide bonds. The first-order chi connectivity index (χ1) is 14.7. The number of pyridine rings is 1. The molecule has 0 aliphatic heterocycles. The summed E-state index contributed by atoms with van der Waals surface area (Å²) in [6.07, 6.45) is 2.70. The highest BCUT2D eigenvalue weighted by atomic mass is 32.2. The smallest absolute Gasteiger partial charge is 0.234 e. The van der Waals surface area contributed by atoms with Gasteiger partial charge in [0.25, 0.3) is 0 Å². The van der Waals surface area contributed by atoms with Crippen molar-refractivity contribution in [2.45, 2.75) is 18.5 Å². The van der Waals surface area contributed by atoms with Crippen molar-refractivity contribution < 1.29 is 4.79 Å². The fourth-order valence-electron chi connectivity index (χ4n) is 2.99. The quantitative estimate of drug-likeness (QED) is 0.446. The Morgan fingerprint density at radius 3 is 2.43 bits per heavy atom. The van der Waals surface area contributed by atoms with E-state index in [-0.39, 0.29) is 11.7 Å². The number of nitrogens with one attached hydrogen (secondary N) is 1. The van der Waals surface area contributed by atoms with E-state index in [0.29, 0.717) is 11.0 Å². The molecular formula is C23H21N5OS. The molecule has 7 heteroatoms. The molecule has 0 fully saturated rings. The van der Waals surface area contributed by atoms with Gasteiger partial charge in [0.05, 0.1) is 5.75 Å². The lowest BCUT2D eigenvalue weighted by atomic mass is 10.1. The van der Waals surface area contributed by atoms with Crippen LogP contribution in [-0.4, -0.2) is 31.4 Å². The van der Waals surface area contributed by atoms with Gasteiger partial charge in [0, 0.05) is 17.6 Å². The number of anilines is 1. The number of carbonyl (C=O) groups is 1. The second-order valence-corrected chi connectivity index (χ2v) is 7.52. The highest BCUT2D eigenvalue weighted by molar-refractivity contribution is 7.99. The molecule has 4 aromatic rings.